The maximum atomic E-state index is 4.42. The topological polar surface area (TPSA) is 24.9 Å². The number of hydrogen-bond acceptors (Lipinski definition) is 2. The first-order chi connectivity index (χ1) is 9.72. The van der Waals surface area contributed by atoms with Gasteiger partial charge in [0.2, 0.25) is 0 Å². The molecule has 0 saturated heterocycles. The number of nitrogens with zero attached hydrogens (tertiary/aromatic N) is 1. The molecule has 1 aromatic carbocycles. The fraction of sp³-hybridized carbons (Fsp3) is 0.389. The highest BCUT2D eigenvalue weighted by atomic mass is 15.0. The van der Waals surface area contributed by atoms with E-state index in [4.69, 9.17) is 0 Å². The second-order valence-corrected chi connectivity index (χ2v) is 5.92. The maximum Gasteiger partial charge on any atom is 0.0570 e. The van der Waals surface area contributed by atoms with Gasteiger partial charge in [0.05, 0.1) is 5.69 Å². The van der Waals surface area contributed by atoms with Crippen molar-refractivity contribution < 1.29 is 0 Å². The molecule has 1 fully saturated rings. The average Bonchev–Trinajstić information content (AvgIpc) is 2.43. The molecule has 1 saturated carbocycles. The van der Waals surface area contributed by atoms with Crippen molar-refractivity contribution in [2.75, 3.05) is 0 Å². The first kappa shape index (κ1) is 13.3. The highest BCUT2D eigenvalue weighted by Crippen LogP contribution is 2.38. The highest BCUT2D eigenvalue weighted by molar-refractivity contribution is 5.27. The molecular weight excluding hydrogens is 244 g/mol. The molecule has 2 heteroatoms. The summed E-state index contributed by atoms with van der Waals surface area (Å²) in [6.07, 6.45) is 4.34. The lowest BCUT2D eigenvalue weighted by atomic mass is 9.75. The molecule has 3 rings (SSSR count). The third kappa shape index (κ3) is 2.91. The molecule has 1 aliphatic rings. The molecule has 1 heterocycles. The first-order valence-corrected chi connectivity index (χ1v) is 7.46. The van der Waals surface area contributed by atoms with Crippen LogP contribution in [0.5, 0.6) is 0 Å². The molecule has 1 unspecified atom stereocenters. The Morgan fingerprint density at radius 3 is 2.70 bits per heavy atom. The summed E-state index contributed by atoms with van der Waals surface area (Å²) >= 11 is 0. The zero-order chi connectivity index (χ0) is 13.9. The lowest BCUT2D eigenvalue weighted by Crippen LogP contribution is -2.41. The van der Waals surface area contributed by atoms with E-state index in [-0.39, 0.29) is 0 Å². The monoisotopic (exact) mass is 266 g/mol. The second kappa shape index (κ2) is 5.76. The van der Waals surface area contributed by atoms with E-state index in [0.717, 1.165) is 11.6 Å². The van der Waals surface area contributed by atoms with Crippen LogP contribution in [0.1, 0.15) is 48.5 Å². The van der Waals surface area contributed by atoms with Crippen molar-refractivity contribution in [1.82, 2.24) is 10.3 Å². The molecule has 20 heavy (non-hydrogen) atoms. The molecule has 0 radical (unpaired) electrons. The Labute approximate surface area is 121 Å². The van der Waals surface area contributed by atoms with Gasteiger partial charge in [-0.15, -0.1) is 0 Å². The van der Waals surface area contributed by atoms with E-state index >= 15 is 0 Å². The predicted molar refractivity (Wildman–Crippen MR) is 82.7 cm³/mol. The Morgan fingerprint density at radius 2 is 2.00 bits per heavy atom. The summed E-state index contributed by atoms with van der Waals surface area (Å²) in [6, 6.07) is 16.0. The third-order valence-corrected chi connectivity index (χ3v) is 4.27. The number of nitrogens with one attached hydrogen (secondary N) is 1. The fourth-order valence-electron chi connectivity index (χ4n) is 3.02. The summed E-state index contributed by atoms with van der Waals surface area (Å²) in [7, 11) is 0. The van der Waals surface area contributed by atoms with Gasteiger partial charge in [-0.2, -0.15) is 0 Å². The minimum absolute atomic E-state index is 0.333. The summed E-state index contributed by atoms with van der Waals surface area (Å²) in [5.74, 6) is 0.725. The van der Waals surface area contributed by atoms with Gasteiger partial charge in [0.15, 0.2) is 0 Å². The van der Waals surface area contributed by atoms with Crippen molar-refractivity contribution in [3.05, 3.63) is 65.5 Å². The quantitative estimate of drug-likeness (QED) is 0.905. The van der Waals surface area contributed by atoms with Gasteiger partial charge in [-0.3, -0.25) is 4.98 Å². The molecule has 1 aromatic heterocycles. The maximum absolute atomic E-state index is 4.42. The van der Waals surface area contributed by atoms with E-state index < -0.39 is 0 Å². The first-order valence-electron chi connectivity index (χ1n) is 7.46. The number of hydrogen-bond donors (Lipinski definition) is 1. The van der Waals surface area contributed by atoms with Crippen LogP contribution in [0, 0.1) is 6.92 Å². The molecular formula is C18H22N2. The van der Waals surface area contributed by atoms with E-state index in [0.29, 0.717) is 12.1 Å². The number of aromatic nitrogens is 1. The van der Waals surface area contributed by atoms with E-state index in [2.05, 4.69) is 60.5 Å². The number of rotatable bonds is 4. The van der Waals surface area contributed by atoms with Crippen LogP contribution in [0.2, 0.25) is 0 Å². The van der Waals surface area contributed by atoms with Crippen molar-refractivity contribution in [3.8, 4) is 0 Å². The van der Waals surface area contributed by atoms with Crippen LogP contribution in [0.25, 0.3) is 0 Å². The van der Waals surface area contributed by atoms with Gasteiger partial charge < -0.3 is 5.32 Å². The molecule has 104 valence electrons. The fourth-order valence-corrected chi connectivity index (χ4v) is 3.02. The predicted octanol–water partition coefficient (Wildman–Crippen LogP) is 3.99. The molecule has 0 amide bonds. The summed E-state index contributed by atoms with van der Waals surface area (Å²) in [6.45, 7) is 4.36. The third-order valence-electron chi connectivity index (χ3n) is 4.27. The summed E-state index contributed by atoms with van der Waals surface area (Å²) < 4.78 is 0. The van der Waals surface area contributed by atoms with Crippen LogP contribution in [-0.2, 0) is 0 Å². The molecule has 2 nitrogen and oxygen atoms in total. The Hall–Kier alpha value is -1.67. The molecule has 1 aliphatic carbocycles. The highest BCUT2D eigenvalue weighted by Gasteiger charge is 2.31. The standard InChI is InChI=1S/C18H22N2/c1-13-6-5-7-15(10-13)16-11-17(12-16)20-14(2)18-8-3-4-9-19-18/h3-10,14,16-17,20H,11-12H2,1-2H3. The van der Waals surface area contributed by atoms with Crippen LogP contribution >= 0.6 is 0 Å². The van der Waals surface area contributed by atoms with Crippen LogP contribution in [0.15, 0.2) is 48.7 Å². The molecule has 0 aliphatic heterocycles. The average molecular weight is 266 g/mol. The van der Waals surface area contributed by atoms with Crippen molar-refractivity contribution in [2.45, 2.75) is 44.7 Å². The van der Waals surface area contributed by atoms with Gasteiger partial charge in [0.1, 0.15) is 0 Å². The van der Waals surface area contributed by atoms with Gasteiger partial charge in [0.25, 0.3) is 0 Å². The van der Waals surface area contributed by atoms with Gasteiger partial charge in [0, 0.05) is 18.3 Å². The SMILES string of the molecule is Cc1cccc(C2CC(NC(C)c3ccccn3)C2)c1. The second-order valence-electron chi connectivity index (χ2n) is 5.92. The van der Waals surface area contributed by atoms with Crippen LogP contribution < -0.4 is 5.32 Å². The van der Waals surface area contributed by atoms with Gasteiger partial charge >= 0.3 is 0 Å². The van der Waals surface area contributed by atoms with Crippen LogP contribution in [0.3, 0.4) is 0 Å². The van der Waals surface area contributed by atoms with E-state index in [9.17, 15) is 0 Å². The normalized spacial score (nSPS) is 23.1. The van der Waals surface area contributed by atoms with Gasteiger partial charge in [-0.25, -0.2) is 0 Å². The zero-order valence-corrected chi connectivity index (χ0v) is 12.2. The van der Waals surface area contributed by atoms with Gasteiger partial charge in [-0.05, 0) is 50.3 Å². The number of aryl methyl sites for hydroxylation is 1. The minimum Gasteiger partial charge on any atom is -0.306 e. The minimum atomic E-state index is 0.333. The van der Waals surface area contributed by atoms with Crippen LogP contribution in [0.4, 0.5) is 0 Å². The van der Waals surface area contributed by atoms with E-state index in [1.807, 2.05) is 12.3 Å². The van der Waals surface area contributed by atoms with Crippen LogP contribution in [-0.4, -0.2) is 11.0 Å². The molecule has 2 aromatic rings. The lowest BCUT2D eigenvalue weighted by Gasteiger charge is -2.38. The molecule has 0 bridgehead atoms. The van der Waals surface area contributed by atoms with Gasteiger partial charge in [-0.1, -0.05) is 35.9 Å². The molecule has 1 N–H and O–H groups in total. The van der Waals surface area contributed by atoms with Crippen molar-refractivity contribution in [1.29, 1.82) is 0 Å². The largest absolute Gasteiger partial charge is 0.306 e. The summed E-state index contributed by atoms with van der Waals surface area (Å²) in [4.78, 5) is 4.42. The molecule has 1 atom stereocenters. The van der Waals surface area contributed by atoms with Crippen molar-refractivity contribution in [3.63, 3.8) is 0 Å². The zero-order valence-electron chi connectivity index (χ0n) is 12.2. The van der Waals surface area contributed by atoms with E-state index in [1.54, 1.807) is 0 Å². The smallest absolute Gasteiger partial charge is 0.0570 e. The number of benzene rings is 1. The lowest BCUT2D eigenvalue weighted by molar-refractivity contribution is 0.269. The van der Waals surface area contributed by atoms with Crippen molar-refractivity contribution in [2.24, 2.45) is 0 Å². The molecule has 0 spiro atoms. The Balaban J connectivity index is 1.54. The Morgan fingerprint density at radius 1 is 1.15 bits per heavy atom. The Kier molecular flexibility index (Phi) is 3.83. The summed E-state index contributed by atoms with van der Waals surface area (Å²) in [5, 5.41) is 3.68. The Bertz CT molecular complexity index is 559. The van der Waals surface area contributed by atoms with Crippen molar-refractivity contribution >= 4 is 0 Å². The van der Waals surface area contributed by atoms with E-state index in [1.165, 1.54) is 24.0 Å². The summed E-state index contributed by atoms with van der Waals surface area (Å²) in [5.41, 5.74) is 3.99. The number of pyridine rings is 1.